The molecule has 12 nitrogen and oxygen atoms in total. The van der Waals surface area contributed by atoms with Gasteiger partial charge in [-0.3, -0.25) is 0 Å². The number of carbonyl (C=O) groups is 3. The highest BCUT2D eigenvalue weighted by molar-refractivity contribution is 5.99. The first-order chi connectivity index (χ1) is 27.2. The summed E-state index contributed by atoms with van der Waals surface area (Å²) in [5, 5.41) is 9.54. The van der Waals surface area contributed by atoms with Gasteiger partial charge in [-0.2, -0.15) is 0 Å². The van der Waals surface area contributed by atoms with Gasteiger partial charge in [0.25, 0.3) is 0 Å². The molecule has 0 fully saturated rings. The highest BCUT2D eigenvalue weighted by Crippen LogP contribution is 2.34. The molecule has 0 spiro atoms. The average Bonchev–Trinajstić information content (AvgIpc) is 3.17. The van der Waals surface area contributed by atoms with Gasteiger partial charge in [0.05, 0.1) is 18.0 Å². The molecule has 0 aliphatic heterocycles. The second-order valence-corrected chi connectivity index (χ2v) is 11.6. The molecule has 2 heterocycles. The lowest BCUT2D eigenvalue weighted by atomic mass is 10.1. The largest absolute Gasteiger partial charge is 0.445 e. The van der Waals surface area contributed by atoms with Crippen LogP contribution in [0.5, 0.6) is 0 Å². The van der Waals surface area contributed by atoms with Crippen LogP contribution < -0.4 is 27.0 Å². The van der Waals surface area contributed by atoms with Gasteiger partial charge in [-0.25, -0.2) is 60.5 Å². The van der Waals surface area contributed by atoms with Crippen LogP contribution in [0.15, 0.2) is 109 Å². The van der Waals surface area contributed by atoms with Gasteiger partial charge in [-0.1, -0.05) is 33.1 Å². The predicted molar refractivity (Wildman–Crippen MR) is 209 cm³/mol. The fourth-order valence-corrected chi connectivity index (χ4v) is 5.39. The van der Waals surface area contributed by atoms with Crippen molar-refractivity contribution >= 4 is 41.2 Å². The van der Waals surface area contributed by atoms with Crippen LogP contribution in [0.4, 0.5) is 63.7 Å². The number of aliphatic hydroxyl groups is 1. The van der Waals surface area contributed by atoms with E-state index in [-0.39, 0.29) is 51.1 Å². The van der Waals surface area contributed by atoms with Gasteiger partial charge in [0.1, 0.15) is 64.5 Å². The number of nitrogens with two attached hydrogens (primary N) is 3. The molecule has 2 aromatic heterocycles. The van der Waals surface area contributed by atoms with Crippen molar-refractivity contribution in [2.24, 2.45) is 17.2 Å². The summed E-state index contributed by atoms with van der Waals surface area (Å²) in [6.45, 7) is -0.662. The molecule has 0 unspecified atom stereocenters. The number of ether oxygens (including phenoxy) is 1. The lowest BCUT2D eigenvalue weighted by Crippen LogP contribution is -2.33. The number of para-hydroxylation sites is 2. The van der Waals surface area contributed by atoms with Crippen LogP contribution in [0.3, 0.4) is 0 Å². The number of primary amides is 3. The van der Waals surface area contributed by atoms with E-state index in [2.05, 4.69) is 9.97 Å². The Morgan fingerprint density at radius 2 is 0.898 bits per heavy atom. The third-order valence-electron chi connectivity index (χ3n) is 7.93. The Balaban J connectivity index is 0.000000306. The summed E-state index contributed by atoms with van der Waals surface area (Å²) < 4.78 is 88.2. The zero-order chi connectivity index (χ0) is 41.4. The molecule has 7 N–H and O–H groups in total. The molecule has 0 radical (unpaired) electrons. The monoisotopic (exact) mass is 821 g/mol. The summed E-state index contributed by atoms with van der Waals surface area (Å²) in [5.41, 5.74) is 16.3. The molecular formula is C41H37F6N7O5. The summed E-state index contributed by atoms with van der Waals surface area (Å²) in [7, 11) is 0. The molecule has 5 amide bonds. The standard InChI is InChI=1S/C20H15F3N4O3.C19H14F3N3O2.2CH4/c21-13-7-4-11(5-8-13)17-12(10-30-20(25)29)6-9-16(26-17)27(19(24)28)18-14(22)2-1-3-15(18)23;20-13-7-4-11(5-8-13)17-12(10-26)6-9-16(24-17)25(19(23)27)18-14(21)2-1-3-15(18)22;;/h1-9H,10H2,(H2,24,28)(H2,25,29);1-9,26H,10H2,(H2,23,27);2*1H4. The number of amides is 5. The first-order valence-corrected chi connectivity index (χ1v) is 16.3. The van der Waals surface area contributed by atoms with E-state index in [0.717, 1.165) is 36.4 Å². The number of halogens is 6. The number of pyridine rings is 2. The quantitative estimate of drug-likeness (QED) is 0.105. The Kier molecular flexibility index (Phi) is 15.6. The SMILES string of the molecule is C.C.NC(=O)N(c1ccc(CO)c(-c2ccc(F)cc2)n1)c1c(F)cccc1F.NC(=O)OCc1ccc(N(C(N)=O)c2c(F)cccc2F)nc1-c1ccc(F)cc1. The molecule has 6 rings (SSSR count). The number of hydrogen-bond donors (Lipinski definition) is 4. The lowest BCUT2D eigenvalue weighted by molar-refractivity contribution is 0.150. The fraction of sp³-hybridized carbons (Fsp3) is 0.0976. The minimum absolute atomic E-state index is 0. The summed E-state index contributed by atoms with van der Waals surface area (Å²) >= 11 is 0. The average molecular weight is 822 g/mol. The van der Waals surface area contributed by atoms with Crippen molar-refractivity contribution in [2.45, 2.75) is 28.1 Å². The summed E-state index contributed by atoms with van der Waals surface area (Å²) in [6, 6.07) is 19.7. The molecular weight excluding hydrogens is 784 g/mol. The smallest absolute Gasteiger partial charge is 0.404 e. The molecule has 0 saturated heterocycles. The zero-order valence-electron chi connectivity index (χ0n) is 29.2. The molecule has 0 atom stereocenters. The van der Waals surface area contributed by atoms with Gasteiger partial charge in [0.15, 0.2) is 0 Å². The van der Waals surface area contributed by atoms with Crippen molar-refractivity contribution < 1.29 is 50.6 Å². The predicted octanol–water partition coefficient (Wildman–Crippen LogP) is 9.13. The number of carbonyl (C=O) groups excluding carboxylic acids is 3. The van der Waals surface area contributed by atoms with Gasteiger partial charge in [0.2, 0.25) is 0 Å². The Morgan fingerprint density at radius 3 is 1.24 bits per heavy atom. The van der Waals surface area contributed by atoms with E-state index in [1.165, 1.54) is 72.8 Å². The Hall–Kier alpha value is -7.47. The van der Waals surface area contributed by atoms with E-state index in [9.17, 15) is 45.8 Å². The normalized spacial score (nSPS) is 10.2. The van der Waals surface area contributed by atoms with E-state index >= 15 is 0 Å². The number of rotatable bonds is 9. The highest BCUT2D eigenvalue weighted by atomic mass is 19.2. The number of aliphatic hydroxyl groups excluding tert-OH is 1. The van der Waals surface area contributed by atoms with Gasteiger partial charge in [-0.05, 0) is 91.0 Å². The lowest BCUT2D eigenvalue weighted by Gasteiger charge is -2.22. The number of hydrogen-bond acceptors (Lipinski definition) is 7. The van der Waals surface area contributed by atoms with Crippen molar-refractivity contribution in [2.75, 3.05) is 9.80 Å². The Morgan fingerprint density at radius 1 is 0.542 bits per heavy atom. The molecule has 0 aliphatic rings. The molecule has 4 aromatic carbocycles. The van der Waals surface area contributed by atoms with Crippen LogP contribution in [-0.2, 0) is 18.0 Å². The van der Waals surface area contributed by atoms with E-state index < -0.39 is 64.4 Å². The summed E-state index contributed by atoms with van der Waals surface area (Å²) in [5.74, 6) is -5.36. The number of benzene rings is 4. The molecule has 6 aromatic rings. The van der Waals surface area contributed by atoms with Crippen molar-refractivity contribution in [3.8, 4) is 22.5 Å². The van der Waals surface area contributed by atoms with Crippen LogP contribution >= 0.6 is 0 Å². The molecule has 308 valence electrons. The number of anilines is 4. The van der Waals surface area contributed by atoms with E-state index in [0.29, 0.717) is 32.1 Å². The maximum absolute atomic E-state index is 14.3. The van der Waals surface area contributed by atoms with Gasteiger partial charge in [-0.15, -0.1) is 0 Å². The Bertz CT molecular complexity index is 2400. The maximum Gasteiger partial charge on any atom is 0.404 e. The summed E-state index contributed by atoms with van der Waals surface area (Å²) in [4.78, 5) is 44.6. The van der Waals surface area contributed by atoms with E-state index in [1.807, 2.05) is 0 Å². The molecule has 0 aliphatic carbocycles. The van der Waals surface area contributed by atoms with Crippen molar-refractivity contribution in [3.05, 3.63) is 155 Å². The van der Waals surface area contributed by atoms with Crippen LogP contribution in [-0.4, -0.2) is 33.2 Å². The van der Waals surface area contributed by atoms with Crippen LogP contribution in [0, 0.1) is 34.9 Å². The van der Waals surface area contributed by atoms with Crippen LogP contribution in [0.25, 0.3) is 22.5 Å². The third-order valence-corrected chi connectivity index (χ3v) is 7.93. The van der Waals surface area contributed by atoms with Crippen molar-refractivity contribution in [3.63, 3.8) is 0 Å². The fourth-order valence-electron chi connectivity index (χ4n) is 5.39. The molecule has 18 heteroatoms. The van der Waals surface area contributed by atoms with Crippen molar-refractivity contribution in [1.29, 1.82) is 0 Å². The minimum atomic E-state index is -1.18. The molecule has 0 bridgehead atoms. The highest BCUT2D eigenvalue weighted by Gasteiger charge is 2.26. The minimum Gasteiger partial charge on any atom is -0.445 e. The number of urea groups is 2. The van der Waals surface area contributed by atoms with E-state index in [1.54, 1.807) is 0 Å². The Labute approximate surface area is 334 Å². The first-order valence-electron chi connectivity index (χ1n) is 16.3. The zero-order valence-corrected chi connectivity index (χ0v) is 29.2. The second kappa shape index (κ2) is 20.1. The summed E-state index contributed by atoms with van der Waals surface area (Å²) in [6.07, 6.45) is -1.03. The number of aromatic nitrogens is 2. The topological polar surface area (TPSA) is 191 Å². The van der Waals surface area contributed by atoms with Gasteiger partial charge < -0.3 is 27.0 Å². The first kappa shape index (κ1) is 45.9. The van der Waals surface area contributed by atoms with Crippen LogP contribution in [0.1, 0.15) is 26.0 Å². The third kappa shape index (κ3) is 10.7. The molecule has 0 saturated carbocycles. The maximum atomic E-state index is 14.3. The van der Waals surface area contributed by atoms with E-state index in [4.69, 9.17) is 21.9 Å². The second-order valence-electron chi connectivity index (χ2n) is 11.6. The molecule has 59 heavy (non-hydrogen) atoms. The van der Waals surface area contributed by atoms with Crippen molar-refractivity contribution in [1.82, 2.24) is 9.97 Å². The van der Waals surface area contributed by atoms with Gasteiger partial charge in [0, 0.05) is 22.3 Å². The van der Waals surface area contributed by atoms with Crippen LogP contribution in [0.2, 0.25) is 0 Å². The number of nitrogens with zero attached hydrogens (tertiary/aromatic N) is 4. The van der Waals surface area contributed by atoms with Gasteiger partial charge >= 0.3 is 18.2 Å².